The van der Waals surface area contributed by atoms with E-state index in [0.717, 1.165) is 30.2 Å². The molecule has 1 aromatic carbocycles. The number of amides is 1. The predicted octanol–water partition coefficient (Wildman–Crippen LogP) is 2.89. The molecular formula is C18H23N3O3S. The highest BCUT2D eigenvalue weighted by Gasteiger charge is 2.30. The maximum Gasteiger partial charge on any atom is 0.231 e. The molecule has 7 heteroatoms. The van der Waals surface area contributed by atoms with E-state index in [-0.39, 0.29) is 11.8 Å². The van der Waals surface area contributed by atoms with Crippen LogP contribution in [0.1, 0.15) is 36.0 Å². The zero-order chi connectivity index (χ0) is 17.6. The number of benzene rings is 1. The molecule has 0 N–H and O–H groups in total. The van der Waals surface area contributed by atoms with Crippen LogP contribution < -0.4 is 4.74 Å². The van der Waals surface area contributed by atoms with Crippen LogP contribution in [0, 0.1) is 0 Å². The van der Waals surface area contributed by atoms with Crippen molar-refractivity contribution < 1.29 is 14.1 Å². The van der Waals surface area contributed by atoms with E-state index in [0.29, 0.717) is 25.4 Å². The van der Waals surface area contributed by atoms with Crippen molar-refractivity contribution in [2.75, 3.05) is 26.5 Å². The minimum Gasteiger partial charge on any atom is -0.497 e. The van der Waals surface area contributed by atoms with Crippen molar-refractivity contribution in [2.24, 2.45) is 0 Å². The van der Waals surface area contributed by atoms with Crippen LogP contribution in [-0.4, -0.2) is 47.4 Å². The second kappa shape index (κ2) is 8.38. The van der Waals surface area contributed by atoms with Crippen molar-refractivity contribution in [3.63, 3.8) is 0 Å². The van der Waals surface area contributed by atoms with Crippen LogP contribution in [0.2, 0.25) is 0 Å². The Morgan fingerprint density at radius 3 is 2.88 bits per heavy atom. The Balaban J connectivity index is 1.58. The molecule has 6 nitrogen and oxygen atoms in total. The number of rotatable bonds is 7. The number of ether oxygens (including phenoxy) is 1. The molecule has 2 aromatic rings. The number of methoxy groups -OCH3 is 1. The van der Waals surface area contributed by atoms with Gasteiger partial charge in [-0.05, 0) is 36.8 Å². The molecule has 1 aromatic heterocycles. The van der Waals surface area contributed by atoms with E-state index in [1.807, 2.05) is 35.4 Å². The topological polar surface area (TPSA) is 68.5 Å². The van der Waals surface area contributed by atoms with E-state index < -0.39 is 0 Å². The van der Waals surface area contributed by atoms with Crippen molar-refractivity contribution in [2.45, 2.75) is 30.9 Å². The van der Waals surface area contributed by atoms with Gasteiger partial charge in [0.05, 0.1) is 18.8 Å². The van der Waals surface area contributed by atoms with E-state index >= 15 is 0 Å². The highest BCUT2D eigenvalue weighted by molar-refractivity contribution is 7.97. The molecule has 0 aliphatic carbocycles. The summed E-state index contributed by atoms with van der Waals surface area (Å²) < 4.78 is 10.6. The summed E-state index contributed by atoms with van der Waals surface area (Å²) in [4.78, 5) is 18.6. The summed E-state index contributed by atoms with van der Waals surface area (Å²) in [6, 6.07) is 7.97. The van der Waals surface area contributed by atoms with Crippen LogP contribution in [0.5, 0.6) is 5.75 Å². The average Bonchev–Trinajstić information content (AvgIpc) is 3.10. The number of likely N-dealkylation sites (tertiary alicyclic amines) is 1. The molecule has 0 spiro atoms. The number of carbonyl (C=O) groups excluding carboxylic acids is 1. The maximum absolute atomic E-state index is 12.2. The molecule has 0 saturated carbocycles. The number of hydrogen-bond acceptors (Lipinski definition) is 6. The van der Waals surface area contributed by atoms with Crippen molar-refractivity contribution in [1.29, 1.82) is 0 Å². The van der Waals surface area contributed by atoms with Gasteiger partial charge in [-0.25, -0.2) is 0 Å². The van der Waals surface area contributed by atoms with Gasteiger partial charge in [0.15, 0.2) is 5.82 Å². The lowest BCUT2D eigenvalue weighted by Gasteiger charge is -2.31. The van der Waals surface area contributed by atoms with Gasteiger partial charge >= 0.3 is 0 Å². The number of thioether (sulfide) groups is 1. The van der Waals surface area contributed by atoms with Crippen LogP contribution in [0.3, 0.4) is 0 Å². The Kier molecular flexibility index (Phi) is 5.96. The molecule has 2 heterocycles. The zero-order valence-electron chi connectivity index (χ0n) is 14.6. The normalized spacial score (nSPS) is 17.8. The average molecular weight is 361 g/mol. The summed E-state index contributed by atoms with van der Waals surface area (Å²) in [5.41, 5.74) is 1.19. The molecule has 1 saturated heterocycles. The number of carbonyl (C=O) groups is 1. The lowest BCUT2D eigenvalue weighted by atomic mass is 9.97. The Labute approximate surface area is 151 Å². The fraction of sp³-hybridized carbons (Fsp3) is 0.500. The molecule has 0 radical (unpaired) electrons. The number of nitrogens with zero attached hydrogens (tertiary/aromatic N) is 3. The summed E-state index contributed by atoms with van der Waals surface area (Å²) in [6.45, 7) is 1.35. The van der Waals surface area contributed by atoms with Crippen LogP contribution in [-0.2, 0) is 17.0 Å². The fourth-order valence-electron chi connectivity index (χ4n) is 3.01. The van der Waals surface area contributed by atoms with Gasteiger partial charge in [0, 0.05) is 19.5 Å². The molecule has 1 atom stereocenters. The van der Waals surface area contributed by atoms with E-state index in [1.54, 1.807) is 18.9 Å². The molecule has 25 heavy (non-hydrogen) atoms. The maximum atomic E-state index is 12.2. The van der Waals surface area contributed by atoms with E-state index in [9.17, 15) is 4.79 Å². The molecule has 3 rings (SSSR count). The van der Waals surface area contributed by atoms with Gasteiger partial charge in [-0.15, -0.1) is 0 Å². The third-order valence-electron chi connectivity index (χ3n) is 4.44. The number of aromatic nitrogens is 2. The van der Waals surface area contributed by atoms with E-state index in [2.05, 4.69) is 10.1 Å². The molecule has 0 bridgehead atoms. The Bertz CT molecular complexity index is 702. The lowest BCUT2D eigenvalue weighted by Crippen LogP contribution is -2.40. The molecule has 1 aliphatic rings. The number of piperidine rings is 1. The largest absolute Gasteiger partial charge is 0.497 e. The van der Waals surface area contributed by atoms with Crippen molar-refractivity contribution in [3.8, 4) is 5.75 Å². The standard InChI is InChI=1S/C18H23N3O3S/c1-23-15-6-3-13(4-7-15)9-10-21-11-14(5-8-17(21)22)18-19-16(12-25-2)20-24-18/h3-4,6-7,14H,5,8-12H2,1-2H3/t14-/m1/s1. The van der Waals surface area contributed by atoms with Gasteiger partial charge in [-0.1, -0.05) is 17.3 Å². The quantitative estimate of drug-likeness (QED) is 0.755. The Morgan fingerprint density at radius 1 is 1.36 bits per heavy atom. The summed E-state index contributed by atoms with van der Waals surface area (Å²) in [5, 5.41) is 4.01. The Hall–Kier alpha value is -2.02. The molecule has 0 unspecified atom stereocenters. The SMILES string of the molecule is COc1ccc(CCN2C[C@H](c3nc(CSC)no3)CCC2=O)cc1. The molecule has 1 aliphatic heterocycles. The van der Waals surface area contributed by atoms with Crippen molar-refractivity contribution >= 4 is 17.7 Å². The predicted molar refractivity (Wildman–Crippen MR) is 96.8 cm³/mol. The minimum absolute atomic E-state index is 0.136. The summed E-state index contributed by atoms with van der Waals surface area (Å²) >= 11 is 1.67. The molecule has 134 valence electrons. The summed E-state index contributed by atoms with van der Waals surface area (Å²) in [5.74, 6) is 3.31. The highest BCUT2D eigenvalue weighted by atomic mass is 32.2. The first-order valence-electron chi connectivity index (χ1n) is 8.41. The highest BCUT2D eigenvalue weighted by Crippen LogP contribution is 2.27. The van der Waals surface area contributed by atoms with Gasteiger partial charge < -0.3 is 14.2 Å². The third kappa shape index (κ3) is 4.54. The Morgan fingerprint density at radius 2 is 2.16 bits per heavy atom. The monoisotopic (exact) mass is 361 g/mol. The van der Waals surface area contributed by atoms with E-state index in [4.69, 9.17) is 9.26 Å². The van der Waals surface area contributed by atoms with Gasteiger partial charge in [-0.3, -0.25) is 4.79 Å². The summed E-state index contributed by atoms with van der Waals surface area (Å²) in [7, 11) is 1.66. The smallest absolute Gasteiger partial charge is 0.231 e. The van der Waals surface area contributed by atoms with E-state index in [1.165, 1.54) is 5.56 Å². The second-order valence-electron chi connectivity index (χ2n) is 6.16. The van der Waals surface area contributed by atoms with Crippen molar-refractivity contribution in [1.82, 2.24) is 15.0 Å². The van der Waals surface area contributed by atoms with Crippen LogP contribution in [0.4, 0.5) is 0 Å². The zero-order valence-corrected chi connectivity index (χ0v) is 15.4. The minimum atomic E-state index is 0.136. The first-order chi connectivity index (χ1) is 12.2. The first-order valence-corrected chi connectivity index (χ1v) is 9.81. The van der Waals surface area contributed by atoms with Crippen LogP contribution in [0.25, 0.3) is 0 Å². The van der Waals surface area contributed by atoms with Gasteiger partial charge in [0.1, 0.15) is 5.75 Å². The van der Waals surface area contributed by atoms with Crippen molar-refractivity contribution in [3.05, 3.63) is 41.5 Å². The third-order valence-corrected chi connectivity index (χ3v) is 4.98. The molecular weight excluding hydrogens is 338 g/mol. The van der Waals surface area contributed by atoms with Crippen LogP contribution in [0.15, 0.2) is 28.8 Å². The first kappa shape index (κ1) is 17.8. The molecule has 1 amide bonds. The number of hydrogen-bond donors (Lipinski definition) is 0. The molecule has 1 fully saturated rings. The van der Waals surface area contributed by atoms with Gasteiger partial charge in [0.25, 0.3) is 0 Å². The summed E-state index contributed by atoms with van der Waals surface area (Å²) in [6.07, 6.45) is 4.15. The van der Waals surface area contributed by atoms with Crippen LogP contribution >= 0.6 is 11.8 Å². The van der Waals surface area contributed by atoms with Gasteiger partial charge in [0.2, 0.25) is 11.8 Å². The fourth-order valence-corrected chi connectivity index (χ4v) is 3.39. The second-order valence-corrected chi connectivity index (χ2v) is 7.02. The lowest BCUT2D eigenvalue weighted by molar-refractivity contribution is -0.133. The van der Waals surface area contributed by atoms with Gasteiger partial charge in [-0.2, -0.15) is 16.7 Å².